The van der Waals surface area contributed by atoms with Crippen LogP contribution in [0.2, 0.25) is 0 Å². The highest BCUT2D eigenvalue weighted by Gasteiger charge is 2.33. The molecule has 2 aromatic heterocycles. The zero-order chi connectivity index (χ0) is 16.2. The molecule has 2 aromatic rings. The summed E-state index contributed by atoms with van der Waals surface area (Å²) in [4.78, 5) is 18.6. The number of hydrogen-bond acceptors (Lipinski definition) is 7. The Morgan fingerprint density at radius 1 is 1.17 bits per heavy atom. The Hall–Kier alpha value is -2.19. The first-order chi connectivity index (χ1) is 11.1. The van der Waals surface area contributed by atoms with Gasteiger partial charge in [-0.15, -0.1) is 0 Å². The number of amides is 1. The fourth-order valence-corrected chi connectivity index (χ4v) is 2.82. The lowest BCUT2D eigenvalue weighted by atomic mass is 10.1. The number of carbonyl (C=O) groups excluding carboxylic acids is 1. The predicted molar refractivity (Wildman–Crippen MR) is 81.2 cm³/mol. The van der Waals surface area contributed by atoms with Gasteiger partial charge >= 0.3 is 0 Å². The molecule has 0 N–H and O–H groups in total. The van der Waals surface area contributed by atoms with Gasteiger partial charge in [-0.25, -0.2) is 0 Å². The van der Waals surface area contributed by atoms with Crippen LogP contribution in [0.3, 0.4) is 0 Å². The van der Waals surface area contributed by atoms with Crippen molar-refractivity contribution in [3.05, 3.63) is 36.0 Å². The quantitative estimate of drug-likeness (QED) is 0.791. The van der Waals surface area contributed by atoms with Crippen LogP contribution in [0.4, 0.5) is 0 Å². The van der Waals surface area contributed by atoms with Crippen LogP contribution in [0, 0.1) is 0 Å². The third kappa shape index (κ3) is 3.77. The molecular weight excluding hydrogens is 298 g/mol. The Balaban J connectivity index is 1.69. The van der Waals surface area contributed by atoms with Crippen LogP contribution >= 0.6 is 0 Å². The normalized spacial score (nSPS) is 19.8. The molecule has 8 nitrogen and oxygen atoms in total. The van der Waals surface area contributed by atoms with Crippen LogP contribution in [0.1, 0.15) is 11.4 Å². The summed E-state index contributed by atoms with van der Waals surface area (Å²) >= 11 is 0. The van der Waals surface area contributed by atoms with E-state index in [9.17, 15) is 4.79 Å². The van der Waals surface area contributed by atoms with Crippen molar-refractivity contribution in [2.75, 3.05) is 33.7 Å². The number of carbonyl (C=O) groups is 1. The summed E-state index contributed by atoms with van der Waals surface area (Å²) < 4.78 is 9.77. The number of hydrogen-bond donors (Lipinski definition) is 0. The second kappa shape index (κ2) is 6.93. The summed E-state index contributed by atoms with van der Waals surface area (Å²) in [5, 5.41) is 7.90. The lowest BCUT2D eigenvalue weighted by Gasteiger charge is -2.40. The lowest BCUT2D eigenvalue weighted by molar-refractivity contribution is -0.137. The topological polar surface area (TPSA) is 78.9 Å². The van der Waals surface area contributed by atoms with Crippen LogP contribution in [-0.2, 0) is 17.9 Å². The van der Waals surface area contributed by atoms with Crippen molar-refractivity contribution in [1.29, 1.82) is 0 Å². The van der Waals surface area contributed by atoms with Gasteiger partial charge < -0.3 is 13.9 Å². The molecular formula is C15H21N5O3. The Morgan fingerprint density at radius 2 is 1.83 bits per heavy atom. The fourth-order valence-electron chi connectivity index (χ4n) is 2.82. The third-order valence-corrected chi connectivity index (χ3v) is 4.03. The highest BCUT2D eigenvalue weighted by atomic mass is 16.5. The van der Waals surface area contributed by atoms with Crippen LogP contribution in [0.5, 0.6) is 0 Å². The maximum absolute atomic E-state index is 12.6. The first-order valence-electron chi connectivity index (χ1n) is 7.59. The van der Waals surface area contributed by atoms with Crippen LogP contribution in [0.25, 0.3) is 0 Å². The van der Waals surface area contributed by atoms with Crippen molar-refractivity contribution in [3.8, 4) is 0 Å². The van der Waals surface area contributed by atoms with Crippen LogP contribution in [0.15, 0.2) is 33.7 Å². The predicted octanol–water partition coefficient (Wildman–Crippen LogP) is 0.437. The number of piperazine rings is 1. The van der Waals surface area contributed by atoms with E-state index in [1.165, 1.54) is 0 Å². The SMILES string of the molecule is CN(C)C(=O)[C@H]1CN(Cc2ccon2)CCN1Cc1ccon1. The van der Waals surface area contributed by atoms with Crippen LogP contribution < -0.4 is 0 Å². The second-order valence-corrected chi connectivity index (χ2v) is 5.94. The highest BCUT2D eigenvalue weighted by molar-refractivity contribution is 5.81. The summed E-state index contributed by atoms with van der Waals surface area (Å²) in [6.07, 6.45) is 3.12. The minimum absolute atomic E-state index is 0.0957. The Morgan fingerprint density at radius 3 is 2.39 bits per heavy atom. The molecule has 8 heteroatoms. The zero-order valence-electron chi connectivity index (χ0n) is 13.4. The van der Waals surface area contributed by atoms with Gasteiger partial charge in [0.25, 0.3) is 0 Å². The van der Waals surface area contributed by atoms with Gasteiger partial charge in [0, 0.05) is 59.0 Å². The summed E-state index contributed by atoms with van der Waals surface area (Å²) in [5.41, 5.74) is 1.72. The molecule has 124 valence electrons. The van der Waals surface area contributed by atoms with E-state index in [1.807, 2.05) is 12.1 Å². The summed E-state index contributed by atoms with van der Waals surface area (Å²) in [5.74, 6) is 0.0957. The molecule has 1 aliphatic rings. The molecule has 0 spiro atoms. The Labute approximate surface area is 134 Å². The molecule has 0 bridgehead atoms. The minimum Gasteiger partial charge on any atom is -0.364 e. The molecule has 0 aliphatic carbocycles. The molecule has 1 atom stereocenters. The van der Waals surface area contributed by atoms with Gasteiger partial charge in [-0.05, 0) is 0 Å². The average molecular weight is 319 g/mol. The molecule has 1 fully saturated rings. The van der Waals surface area contributed by atoms with Crippen molar-refractivity contribution in [2.24, 2.45) is 0 Å². The van der Waals surface area contributed by atoms with Crippen molar-refractivity contribution in [1.82, 2.24) is 25.0 Å². The van der Waals surface area contributed by atoms with E-state index in [4.69, 9.17) is 9.05 Å². The van der Waals surface area contributed by atoms with Gasteiger partial charge in [0.05, 0.1) is 11.4 Å². The van der Waals surface area contributed by atoms with E-state index in [0.29, 0.717) is 19.6 Å². The smallest absolute Gasteiger partial charge is 0.240 e. The van der Waals surface area contributed by atoms with E-state index in [0.717, 1.165) is 24.5 Å². The summed E-state index contributed by atoms with van der Waals surface area (Å²) in [6.45, 7) is 3.60. The molecule has 1 amide bonds. The summed E-state index contributed by atoms with van der Waals surface area (Å²) in [7, 11) is 3.57. The molecule has 0 unspecified atom stereocenters. The molecule has 3 heterocycles. The molecule has 0 radical (unpaired) electrons. The van der Waals surface area contributed by atoms with Crippen molar-refractivity contribution in [3.63, 3.8) is 0 Å². The maximum Gasteiger partial charge on any atom is 0.240 e. The van der Waals surface area contributed by atoms with E-state index in [2.05, 4.69) is 20.1 Å². The van der Waals surface area contributed by atoms with Gasteiger partial charge in [0.15, 0.2) is 0 Å². The van der Waals surface area contributed by atoms with Crippen molar-refractivity contribution >= 4 is 5.91 Å². The highest BCUT2D eigenvalue weighted by Crippen LogP contribution is 2.16. The second-order valence-electron chi connectivity index (χ2n) is 5.94. The summed E-state index contributed by atoms with van der Waals surface area (Å²) in [6, 6.07) is 3.48. The van der Waals surface area contributed by atoms with Gasteiger partial charge in [0.2, 0.25) is 5.91 Å². The average Bonchev–Trinajstić information content (AvgIpc) is 3.21. The minimum atomic E-state index is -0.206. The Bertz CT molecular complexity index is 611. The molecule has 1 aliphatic heterocycles. The number of aromatic nitrogens is 2. The van der Waals surface area contributed by atoms with Gasteiger partial charge in [0.1, 0.15) is 18.6 Å². The van der Waals surface area contributed by atoms with Gasteiger partial charge in [-0.3, -0.25) is 14.6 Å². The van der Waals surface area contributed by atoms with Crippen molar-refractivity contribution in [2.45, 2.75) is 19.1 Å². The lowest BCUT2D eigenvalue weighted by Crippen LogP contribution is -2.58. The maximum atomic E-state index is 12.6. The fraction of sp³-hybridized carbons (Fsp3) is 0.533. The molecule has 3 rings (SSSR count). The Kier molecular flexibility index (Phi) is 4.73. The van der Waals surface area contributed by atoms with E-state index >= 15 is 0 Å². The van der Waals surface area contributed by atoms with E-state index < -0.39 is 0 Å². The van der Waals surface area contributed by atoms with E-state index in [-0.39, 0.29) is 11.9 Å². The van der Waals surface area contributed by atoms with Crippen molar-refractivity contribution < 1.29 is 13.8 Å². The zero-order valence-corrected chi connectivity index (χ0v) is 13.4. The number of nitrogens with zero attached hydrogens (tertiary/aromatic N) is 5. The van der Waals surface area contributed by atoms with E-state index in [1.54, 1.807) is 31.5 Å². The molecule has 0 saturated carbocycles. The molecule has 1 saturated heterocycles. The number of likely N-dealkylation sites (N-methyl/N-ethyl adjacent to an activating group) is 1. The third-order valence-electron chi connectivity index (χ3n) is 4.03. The number of rotatable bonds is 5. The monoisotopic (exact) mass is 319 g/mol. The molecule has 0 aromatic carbocycles. The first-order valence-corrected chi connectivity index (χ1v) is 7.59. The van der Waals surface area contributed by atoms with Crippen LogP contribution in [-0.4, -0.2) is 70.7 Å². The molecule has 23 heavy (non-hydrogen) atoms. The first kappa shape index (κ1) is 15.7. The standard InChI is InChI=1S/C15H21N5O3/c1-18(2)15(21)14-11-19(9-12-3-7-22-16-12)5-6-20(14)10-13-4-8-23-17-13/h3-4,7-8,14H,5-6,9-11H2,1-2H3/t14-/m1/s1. The van der Waals surface area contributed by atoms with Gasteiger partial charge in [-0.1, -0.05) is 10.3 Å². The van der Waals surface area contributed by atoms with Gasteiger partial charge in [-0.2, -0.15) is 0 Å². The largest absolute Gasteiger partial charge is 0.364 e.